The zero-order valence-electron chi connectivity index (χ0n) is 9.52. The number of nitrogens with one attached hydrogen (secondary N) is 1. The molecular weight excluding hydrogens is 176 g/mol. The van der Waals surface area contributed by atoms with Crippen molar-refractivity contribution in [1.29, 1.82) is 0 Å². The number of carbonyl (C=O) groups is 1. The number of hydrogen-bond acceptors (Lipinski definition) is 2. The third-order valence-corrected chi connectivity index (χ3v) is 3.62. The molecule has 1 aliphatic rings. The molecule has 1 amide bonds. The van der Waals surface area contributed by atoms with E-state index in [9.17, 15) is 4.79 Å². The summed E-state index contributed by atoms with van der Waals surface area (Å²) < 4.78 is 0. The lowest BCUT2D eigenvalue weighted by Gasteiger charge is -2.43. The van der Waals surface area contributed by atoms with Crippen LogP contribution in [0.5, 0.6) is 0 Å². The lowest BCUT2D eigenvalue weighted by Crippen LogP contribution is -2.61. The van der Waals surface area contributed by atoms with Crippen LogP contribution in [0.3, 0.4) is 0 Å². The highest BCUT2D eigenvalue weighted by atomic mass is 16.2. The first kappa shape index (κ1) is 11.5. The Kier molecular flexibility index (Phi) is 3.20. The van der Waals surface area contributed by atoms with E-state index in [2.05, 4.69) is 12.2 Å². The summed E-state index contributed by atoms with van der Waals surface area (Å²) in [4.78, 5) is 11.8. The van der Waals surface area contributed by atoms with Gasteiger partial charge in [-0.3, -0.25) is 4.79 Å². The van der Waals surface area contributed by atoms with Crippen molar-refractivity contribution in [2.45, 2.75) is 64.0 Å². The van der Waals surface area contributed by atoms with Crippen LogP contribution in [0.2, 0.25) is 0 Å². The summed E-state index contributed by atoms with van der Waals surface area (Å²) in [6.07, 6.45) is 5.13. The molecule has 1 unspecified atom stereocenters. The van der Waals surface area contributed by atoms with E-state index >= 15 is 0 Å². The van der Waals surface area contributed by atoms with E-state index in [1.165, 1.54) is 6.42 Å². The zero-order valence-corrected chi connectivity index (χ0v) is 9.52. The average molecular weight is 198 g/mol. The number of carbonyl (C=O) groups excluding carboxylic acids is 1. The molecule has 0 spiro atoms. The van der Waals surface area contributed by atoms with Crippen LogP contribution in [-0.4, -0.2) is 17.0 Å². The normalized spacial score (nSPS) is 23.4. The Bertz CT molecular complexity index is 214. The Hall–Kier alpha value is -0.570. The highest BCUT2D eigenvalue weighted by Gasteiger charge is 2.39. The maximum Gasteiger partial charge on any atom is 0.240 e. The lowest BCUT2D eigenvalue weighted by molar-refractivity contribution is -0.129. The van der Waals surface area contributed by atoms with E-state index in [0.29, 0.717) is 6.42 Å². The number of amides is 1. The summed E-state index contributed by atoms with van der Waals surface area (Å²) in [5.41, 5.74) is 5.24. The van der Waals surface area contributed by atoms with Crippen molar-refractivity contribution in [1.82, 2.24) is 5.32 Å². The maximum atomic E-state index is 11.8. The minimum absolute atomic E-state index is 0.00144. The van der Waals surface area contributed by atoms with Gasteiger partial charge < -0.3 is 11.1 Å². The van der Waals surface area contributed by atoms with Crippen molar-refractivity contribution in [3.05, 3.63) is 0 Å². The van der Waals surface area contributed by atoms with Crippen LogP contribution in [0.15, 0.2) is 0 Å². The quantitative estimate of drug-likeness (QED) is 0.720. The summed E-state index contributed by atoms with van der Waals surface area (Å²) in [5.74, 6) is 0.00144. The summed E-state index contributed by atoms with van der Waals surface area (Å²) >= 11 is 0. The minimum atomic E-state index is -0.711. The van der Waals surface area contributed by atoms with Crippen LogP contribution in [0.4, 0.5) is 0 Å². The first-order chi connectivity index (χ1) is 6.46. The molecule has 0 aromatic carbocycles. The molecule has 0 aliphatic heterocycles. The molecular formula is C11H22N2O. The van der Waals surface area contributed by atoms with E-state index < -0.39 is 5.54 Å². The van der Waals surface area contributed by atoms with E-state index in [1.807, 2.05) is 6.92 Å². The molecule has 1 rings (SSSR count). The van der Waals surface area contributed by atoms with Gasteiger partial charge in [0.2, 0.25) is 5.91 Å². The Morgan fingerprint density at radius 2 is 2.07 bits per heavy atom. The second kappa shape index (κ2) is 3.89. The van der Waals surface area contributed by atoms with Gasteiger partial charge in [0, 0.05) is 5.54 Å². The molecule has 82 valence electrons. The Morgan fingerprint density at radius 1 is 1.50 bits per heavy atom. The molecule has 1 atom stereocenters. The summed E-state index contributed by atoms with van der Waals surface area (Å²) in [6.45, 7) is 5.86. The molecule has 0 radical (unpaired) electrons. The molecule has 1 aliphatic carbocycles. The predicted molar refractivity (Wildman–Crippen MR) is 57.9 cm³/mol. The van der Waals surface area contributed by atoms with Gasteiger partial charge >= 0.3 is 0 Å². The van der Waals surface area contributed by atoms with E-state index in [4.69, 9.17) is 5.73 Å². The van der Waals surface area contributed by atoms with Crippen molar-refractivity contribution < 1.29 is 4.79 Å². The van der Waals surface area contributed by atoms with E-state index in [1.54, 1.807) is 6.92 Å². The first-order valence-corrected chi connectivity index (χ1v) is 5.57. The van der Waals surface area contributed by atoms with Crippen LogP contribution in [-0.2, 0) is 4.79 Å². The summed E-state index contributed by atoms with van der Waals surface area (Å²) in [6, 6.07) is 0. The topological polar surface area (TPSA) is 55.1 Å². The van der Waals surface area contributed by atoms with Crippen molar-refractivity contribution in [2.75, 3.05) is 0 Å². The highest BCUT2D eigenvalue weighted by molar-refractivity contribution is 5.86. The molecule has 1 saturated carbocycles. The average Bonchev–Trinajstić information content (AvgIpc) is 2.10. The highest BCUT2D eigenvalue weighted by Crippen LogP contribution is 2.34. The van der Waals surface area contributed by atoms with Gasteiger partial charge in [0.1, 0.15) is 0 Å². The fraction of sp³-hybridized carbons (Fsp3) is 0.909. The van der Waals surface area contributed by atoms with Gasteiger partial charge in [-0.15, -0.1) is 0 Å². The van der Waals surface area contributed by atoms with Gasteiger partial charge in [-0.2, -0.15) is 0 Å². The fourth-order valence-corrected chi connectivity index (χ4v) is 1.71. The second-order valence-corrected chi connectivity index (χ2v) is 4.71. The van der Waals surface area contributed by atoms with Gasteiger partial charge in [0.15, 0.2) is 0 Å². The summed E-state index contributed by atoms with van der Waals surface area (Å²) in [7, 11) is 0. The van der Waals surface area contributed by atoms with Crippen LogP contribution in [0.25, 0.3) is 0 Å². The molecule has 1 fully saturated rings. The van der Waals surface area contributed by atoms with E-state index in [-0.39, 0.29) is 11.4 Å². The largest absolute Gasteiger partial charge is 0.349 e. The van der Waals surface area contributed by atoms with Gasteiger partial charge in [-0.25, -0.2) is 0 Å². The second-order valence-electron chi connectivity index (χ2n) is 4.71. The van der Waals surface area contributed by atoms with Gasteiger partial charge in [0.05, 0.1) is 5.54 Å². The van der Waals surface area contributed by atoms with Gasteiger partial charge in [-0.1, -0.05) is 13.8 Å². The third kappa shape index (κ3) is 2.08. The van der Waals surface area contributed by atoms with Crippen LogP contribution < -0.4 is 11.1 Å². The predicted octanol–water partition coefficient (Wildman–Crippen LogP) is 1.56. The van der Waals surface area contributed by atoms with Crippen molar-refractivity contribution in [3.8, 4) is 0 Å². The summed E-state index contributed by atoms with van der Waals surface area (Å²) in [5, 5.41) is 3.11. The first-order valence-electron chi connectivity index (χ1n) is 5.57. The Balaban J connectivity index is 2.55. The minimum Gasteiger partial charge on any atom is -0.349 e. The lowest BCUT2D eigenvalue weighted by atomic mass is 9.74. The number of rotatable bonds is 4. The fourth-order valence-electron chi connectivity index (χ4n) is 1.71. The monoisotopic (exact) mass is 198 g/mol. The third-order valence-electron chi connectivity index (χ3n) is 3.62. The Labute approximate surface area is 86.4 Å². The zero-order chi connectivity index (χ0) is 10.8. The number of nitrogens with two attached hydrogens (primary N) is 1. The van der Waals surface area contributed by atoms with Crippen LogP contribution >= 0.6 is 0 Å². The number of hydrogen-bond donors (Lipinski definition) is 2. The Morgan fingerprint density at radius 3 is 2.36 bits per heavy atom. The van der Waals surface area contributed by atoms with Crippen LogP contribution in [0, 0.1) is 0 Å². The molecule has 0 aromatic heterocycles. The van der Waals surface area contributed by atoms with Crippen LogP contribution in [0.1, 0.15) is 52.9 Å². The molecule has 3 N–H and O–H groups in total. The standard InChI is InChI=1S/C11H22N2O/c1-4-10(3,12)9(14)13-11(5-2)7-6-8-11/h4-8,12H2,1-3H3,(H,13,14). The molecule has 0 bridgehead atoms. The van der Waals surface area contributed by atoms with Crippen molar-refractivity contribution >= 4 is 5.91 Å². The SMILES string of the molecule is CCC1(NC(=O)C(C)(N)CC)CCC1. The molecule has 0 aromatic rings. The maximum absolute atomic E-state index is 11.8. The molecule has 3 nitrogen and oxygen atoms in total. The molecule has 0 saturated heterocycles. The van der Waals surface area contributed by atoms with Crippen molar-refractivity contribution in [2.24, 2.45) is 5.73 Å². The molecule has 0 heterocycles. The van der Waals surface area contributed by atoms with E-state index in [0.717, 1.165) is 19.3 Å². The molecule has 14 heavy (non-hydrogen) atoms. The molecule has 3 heteroatoms. The van der Waals surface area contributed by atoms with Gasteiger partial charge in [-0.05, 0) is 39.0 Å². The van der Waals surface area contributed by atoms with Gasteiger partial charge in [0.25, 0.3) is 0 Å². The smallest absolute Gasteiger partial charge is 0.240 e. The van der Waals surface area contributed by atoms with Crippen molar-refractivity contribution in [3.63, 3.8) is 0 Å².